The molecule has 0 radical (unpaired) electrons. The molecular weight excluding hydrogens is 254 g/mol. The summed E-state index contributed by atoms with van der Waals surface area (Å²) >= 11 is 0. The lowest BCUT2D eigenvalue weighted by molar-refractivity contribution is 0.475. The molecule has 0 aliphatic rings. The van der Waals surface area contributed by atoms with Gasteiger partial charge in [0.2, 0.25) is 0 Å². The van der Waals surface area contributed by atoms with Crippen molar-refractivity contribution < 1.29 is 5.11 Å². The van der Waals surface area contributed by atoms with Gasteiger partial charge in [0.1, 0.15) is 5.75 Å². The smallest absolute Gasteiger partial charge is 0.176 e. The summed E-state index contributed by atoms with van der Waals surface area (Å²) in [5, 5.41) is 26.7. The zero-order valence-corrected chi connectivity index (χ0v) is 10.7. The fraction of sp³-hybridized carbons (Fsp3) is 0.0714. The van der Waals surface area contributed by atoms with Gasteiger partial charge in [0.05, 0.1) is 0 Å². The van der Waals surface area contributed by atoms with Crippen molar-refractivity contribution in [2.24, 2.45) is 16.2 Å². The molecular formula is C14H15N5O. The molecule has 2 aromatic carbocycles. The molecule has 0 aliphatic carbocycles. The number of hydrogen-bond donors (Lipinski definition) is 4. The number of phenols is 1. The number of nitrogens with one attached hydrogen (secondary N) is 2. The van der Waals surface area contributed by atoms with Crippen LogP contribution in [0.2, 0.25) is 0 Å². The van der Waals surface area contributed by atoms with E-state index < -0.39 is 0 Å². The first kappa shape index (κ1) is 13.5. The van der Waals surface area contributed by atoms with Gasteiger partial charge in [0, 0.05) is 17.8 Å². The van der Waals surface area contributed by atoms with Crippen LogP contribution in [0.3, 0.4) is 0 Å². The molecule has 0 aromatic heterocycles. The number of rotatable bonds is 4. The van der Waals surface area contributed by atoms with Crippen molar-refractivity contribution in [3.05, 3.63) is 59.7 Å². The third-order valence-corrected chi connectivity index (χ3v) is 2.73. The largest absolute Gasteiger partial charge is 0.508 e. The van der Waals surface area contributed by atoms with E-state index in [4.69, 9.17) is 11.3 Å². The molecule has 6 heteroatoms. The van der Waals surface area contributed by atoms with Crippen LogP contribution < -0.4 is 11.2 Å². The molecule has 0 aliphatic heterocycles. The standard InChI is InChI=1S/C14H15N5O/c15-14(18-19-16)11-2-1-3-12(8-11)17-9-10-4-6-13(20)7-5-10/h1-8,17,20H,9H2,(H3,15,16,18). The van der Waals surface area contributed by atoms with Gasteiger partial charge in [-0.05, 0) is 29.8 Å². The Hall–Kier alpha value is -2.89. The van der Waals surface area contributed by atoms with E-state index in [-0.39, 0.29) is 11.6 Å². The van der Waals surface area contributed by atoms with E-state index in [1.165, 1.54) is 0 Å². The first-order valence-electron chi connectivity index (χ1n) is 6.01. The van der Waals surface area contributed by atoms with Gasteiger partial charge in [0.15, 0.2) is 5.84 Å². The molecule has 0 fully saturated rings. The van der Waals surface area contributed by atoms with E-state index in [1.54, 1.807) is 24.3 Å². The molecule has 5 N–H and O–H groups in total. The maximum Gasteiger partial charge on any atom is 0.176 e. The summed E-state index contributed by atoms with van der Waals surface area (Å²) in [4.78, 5) is 0. The third-order valence-electron chi connectivity index (χ3n) is 2.73. The van der Waals surface area contributed by atoms with Gasteiger partial charge < -0.3 is 16.3 Å². The van der Waals surface area contributed by atoms with E-state index >= 15 is 0 Å². The quantitative estimate of drug-likeness (QED) is 0.225. The summed E-state index contributed by atoms with van der Waals surface area (Å²) in [6, 6.07) is 14.3. The molecule has 20 heavy (non-hydrogen) atoms. The second-order valence-corrected chi connectivity index (χ2v) is 4.16. The fourth-order valence-electron chi connectivity index (χ4n) is 1.71. The van der Waals surface area contributed by atoms with E-state index in [0.29, 0.717) is 12.1 Å². The molecule has 0 amide bonds. The summed E-state index contributed by atoms with van der Waals surface area (Å²) in [5.41, 5.74) is 2.55. The van der Waals surface area contributed by atoms with Crippen molar-refractivity contribution in [1.82, 2.24) is 0 Å². The van der Waals surface area contributed by atoms with E-state index in [2.05, 4.69) is 15.7 Å². The van der Waals surface area contributed by atoms with Gasteiger partial charge >= 0.3 is 0 Å². The zero-order chi connectivity index (χ0) is 14.4. The van der Waals surface area contributed by atoms with Crippen LogP contribution in [0, 0.1) is 5.41 Å². The van der Waals surface area contributed by atoms with E-state index in [0.717, 1.165) is 11.3 Å². The van der Waals surface area contributed by atoms with E-state index in [1.807, 2.05) is 24.3 Å². The lowest BCUT2D eigenvalue weighted by atomic mass is 10.1. The average Bonchev–Trinajstić information content (AvgIpc) is 2.47. The maximum absolute atomic E-state index is 9.22. The normalized spacial score (nSPS) is 10.6. The monoisotopic (exact) mass is 269 g/mol. The Morgan fingerprint density at radius 1 is 1.20 bits per heavy atom. The molecule has 0 bridgehead atoms. The summed E-state index contributed by atoms with van der Waals surface area (Å²) in [5.74, 6) is 5.19. The Morgan fingerprint density at radius 3 is 2.65 bits per heavy atom. The number of nitrogens with two attached hydrogens (primary N) is 1. The Labute approximate surface area is 116 Å². The average molecular weight is 269 g/mol. The SMILES string of the molecule is N=C(N=NN)c1cccc(NCc2ccc(O)cc2)c1. The highest BCUT2D eigenvalue weighted by Crippen LogP contribution is 2.14. The van der Waals surface area contributed by atoms with Gasteiger partial charge in [0.25, 0.3) is 0 Å². The van der Waals surface area contributed by atoms with Crippen LogP contribution in [0.5, 0.6) is 5.75 Å². The number of hydrogen-bond acceptors (Lipinski definition) is 4. The fourth-order valence-corrected chi connectivity index (χ4v) is 1.71. The maximum atomic E-state index is 9.22. The van der Waals surface area contributed by atoms with Crippen LogP contribution in [0.25, 0.3) is 0 Å². The van der Waals surface area contributed by atoms with Gasteiger partial charge in [-0.3, -0.25) is 5.41 Å². The highest BCUT2D eigenvalue weighted by atomic mass is 16.3. The Morgan fingerprint density at radius 2 is 1.95 bits per heavy atom. The lowest BCUT2D eigenvalue weighted by Crippen LogP contribution is -2.01. The van der Waals surface area contributed by atoms with Crippen molar-refractivity contribution in [3.63, 3.8) is 0 Å². The zero-order valence-electron chi connectivity index (χ0n) is 10.7. The third kappa shape index (κ3) is 3.55. The van der Waals surface area contributed by atoms with Crippen LogP contribution in [-0.4, -0.2) is 10.9 Å². The topological polar surface area (TPSA) is 107 Å². The highest BCUT2D eigenvalue weighted by molar-refractivity contribution is 5.97. The summed E-state index contributed by atoms with van der Waals surface area (Å²) in [7, 11) is 0. The molecule has 6 nitrogen and oxygen atoms in total. The van der Waals surface area contributed by atoms with Crippen LogP contribution >= 0.6 is 0 Å². The summed E-state index contributed by atoms with van der Waals surface area (Å²) in [6.07, 6.45) is 0. The molecule has 0 saturated heterocycles. The first-order valence-corrected chi connectivity index (χ1v) is 6.01. The van der Waals surface area contributed by atoms with E-state index in [9.17, 15) is 5.11 Å². The number of benzene rings is 2. The molecule has 0 heterocycles. The second-order valence-electron chi connectivity index (χ2n) is 4.16. The molecule has 0 saturated carbocycles. The van der Waals surface area contributed by atoms with Crippen molar-refractivity contribution in [2.45, 2.75) is 6.54 Å². The van der Waals surface area contributed by atoms with Crippen molar-refractivity contribution in [1.29, 1.82) is 5.41 Å². The predicted octanol–water partition coefficient (Wildman–Crippen LogP) is 2.66. The molecule has 2 aromatic rings. The molecule has 102 valence electrons. The van der Waals surface area contributed by atoms with Gasteiger partial charge in [-0.15, -0.1) is 5.11 Å². The van der Waals surface area contributed by atoms with Crippen molar-refractivity contribution >= 4 is 11.5 Å². The minimum Gasteiger partial charge on any atom is -0.508 e. The number of phenolic OH excluding ortho intramolecular Hbond substituents is 1. The Kier molecular flexibility index (Phi) is 4.28. The molecule has 0 atom stereocenters. The van der Waals surface area contributed by atoms with Crippen molar-refractivity contribution in [3.8, 4) is 5.75 Å². The van der Waals surface area contributed by atoms with Crippen LogP contribution in [0.1, 0.15) is 11.1 Å². The number of nitrogens with zero attached hydrogens (tertiary/aromatic N) is 2. The molecule has 0 unspecified atom stereocenters. The predicted molar refractivity (Wildman–Crippen MR) is 77.7 cm³/mol. The number of anilines is 1. The van der Waals surface area contributed by atoms with Gasteiger partial charge in [-0.2, -0.15) is 0 Å². The Balaban J connectivity index is 2.04. The lowest BCUT2D eigenvalue weighted by Gasteiger charge is -2.08. The number of aromatic hydroxyl groups is 1. The minimum absolute atomic E-state index is 0.0146. The summed E-state index contributed by atoms with van der Waals surface area (Å²) in [6.45, 7) is 0.621. The minimum atomic E-state index is 0.0146. The highest BCUT2D eigenvalue weighted by Gasteiger charge is 2.01. The molecule has 2 rings (SSSR count). The first-order chi connectivity index (χ1) is 9.69. The van der Waals surface area contributed by atoms with Gasteiger partial charge in [-0.25, -0.2) is 0 Å². The van der Waals surface area contributed by atoms with Crippen LogP contribution in [0.15, 0.2) is 58.9 Å². The second kappa shape index (κ2) is 6.33. The molecule has 0 spiro atoms. The van der Waals surface area contributed by atoms with Crippen LogP contribution in [0.4, 0.5) is 5.69 Å². The van der Waals surface area contributed by atoms with Crippen molar-refractivity contribution in [2.75, 3.05) is 5.32 Å². The van der Waals surface area contributed by atoms with Crippen LogP contribution in [-0.2, 0) is 6.54 Å². The van der Waals surface area contributed by atoms with Gasteiger partial charge in [-0.1, -0.05) is 29.5 Å². The Bertz CT molecular complexity index is 622. The number of amidine groups is 1. The summed E-state index contributed by atoms with van der Waals surface area (Å²) < 4.78 is 0.